The lowest BCUT2D eigenvalue weighted by Crippen LogP contribution is -2.29. The lowest BCUT2D eigenvalue weighted by atomic mass is 9.66. The summed E-state index contributed by atoms with van der Waals surface area (Å²) in [6, 6.07) is 92.6. The predicted octanol–water partition coefficient (Wildman–Crippen LogP) is 16.5. The summed E-state index contributed by atoms with van der Waals surface area (Å²) in [5, 5.41) is 0. The molecule has 0 saturated carbocycles. The quantitative estimate of drug-likeness (QED) is 0.167. The van der Waals surface area contributed by atoms with Gasteiger partial charge in [-0.15, -0.1) is 0 Å². The minimum Gasteiger partial charge on any atom is -0.228 e. The first-order valence-electron chi connectivity index (χ1n) is 23.1. The number of rotatable bonds is 6. The van der Waals surface area contributed by atoms with Crippen LogP contribution in [-0.2, 0) is 5.41 Å². The van der Waals surface area contributed by atoms with Crippen LogP contribution in [0.4, 0.5) is 0 Å². The molecule has 0 fully saturated rings. The molecule has 2 aliphatic rings. The number of hydrogen-bond donors (Lipinski definition) is 0. The Labute approximate surface area is 391 Å². The molecular weight excluding hydrogens is 809 g/mol. The second kappa shape index (κ2) is 15.8. The highest BCUT2D eigenvalue weighted by Gasteiger charge is 2.50. The number of benzene rings is 10. The molecular formula is C65H42N2. The van der Waals surface area contributed by atoms with E-state index in [0.29, 0.717) is 5.82 Å². The Morgan fingerprint density at radius 2 is 0.597 bits per heavy atom. The van der Waals surface area contributed by atoms with E-state index in [4.69, 9.17) is 9.97 Å². The smallest absolute Gasteiger partial charge is 0.160 e. The third-order valence-electron chi connectivity index (χ3n) is 13.9. The summed E-state index contributed by atoms with van der Waals surface area (Å²) in [6.07, 6.45) is 0. The number of hydrogen-bond acceptors (Lipinski definition) is 2. The van der Waals surface area contributed by atoms with Crippen molar-refractivity contribution in [2.24, 2.45) is 0 Å². The van der Waals surface area contributed by atoms with Gasteiger partial charge >= 0.3 is 0 Å². The van der Waals surface area contributed by atoms with Gasteiger partial charge < -0.3 is 0 Å². The normalized spacial score (nSPS) is 12.6. The molecule has 1 spiro atoms. The molecule has 312 valence electrons. The van der Waals surface area contributed by atoms with E-state index >= 15 is 0 Å². The second-order valence-electron chi connectivity index (χ2n) is 17.6. The summed E-state index contributed by atoms with van der Waals surface area (Å²) < 4.78 is 0. The van der Waals surface area contributed by atoms with Crippen LogP contribution in [0.15, 0.2) is 255 Å². The fourth-order valence-electron chi connectivity index (χ4n) is 11.0. The van der Waals surface area contributed by atoms with E-state index in [1.807, 2.05) is 0 Å². The van der Waals surface area contributed by atoms with Gasteiger partial charge in [-0.2, -0.15) is 0 Å². The standard InChI is InChI=1S/C65H42N2/c1-4-20-43(21-5-1)46-26-18-27-47(38-46)64-66-61(50-40-48(44-22-6-2-7-23-44)39-49(41-50)45-24-8-3-9-25-45)42-62(67-64)56-33-19-37-60-63(56)55-32-14-17-36-59(55)65(60)57-34-15-12-30-53(57)51-28-10-11-29-52(51)54-31-13-16-35-58(54)65/h1-42H. The average Bonchev–Trinajstić information content (AvgIpc) is 3.66. The van der Waals surface area contributed by atoms with Gasteiger partial charge in [0.05, 0.1) is 16.8 Å². The van der Waals surface area contributed by atoms with Gasteiger partial charge in [0.15, 0.2) is 5.82 Å². The van der Waals surface area contributed by atoms with Crippen molar-refractivity contribution in [2.45, 2.75) is 5.41 Å². The van der Waals surface area contributed by atoms with Crippen LogP contribution in [-0.4, -0.2) is 9.97 Å². The zero-order valence-electron chi connectivity index (χ0n) is 36.6. The molecule has 0 bridgehead atoms. The molecule has 0 N–H and O–H groups in total. The second-order valence-corrected chi connectivity index (χ2v) is 17.6. The molecule has 2 nitrogen and oxygen atoms in total. The van der Waals surface area contributed by atoms with Crippen LogP contribution in [0.1, 0.15) is 22.3 Å². The first-order chi connectivity index (χ1) is 33.2. The van der Waals surface area contributed by atoms with E-state index in [9.17, 15) is 0 Å². The van der Waals surface area contributed by atoms with Crippen molar-refractivity contribution < 1.29 is 0 Å². The van der Waals surface area contributed by atoms with Crippen LogP contribution in [0.2, 0.25) is 0 Å². The Balaban J connectivity index is 1.10. The van der Waals surface area contributed by atoms with Crippen molar-refractivity contribution in [3.05, 3.63) is 277 Å². The lowest BCUT2D eigenvalue weighted by Gasteiger charge is -2.35. The lowest BCUT2D eigenvalue weighted by molar-refractivity contribution is 0.775. The summed E-state index contributed by atoms with van der Waals surface area (Å²) in [4.78, 5) is 11.1. The molecule has 0 atom stereocenters. The minimum atomic E-state index is -0.606. The van der Waals surface area contributed by atoms with E-state index in [1.165, 1.54) is 55.6 Å². The first-order valence-corrected chi connectivity index (χ1v) is 23.1. The van der Waals surface area contributed by atoms with E-state index in [1.54, 1.807) is 0 Å². The molecule has 1 heterocycles. The molecule has 0 saturated heterocycles. The van der Waals surface area contributed by atoms with Crippen molar-refractivity contribution in [3.8, 4) is 101 Å². The van der Waals surface area contributed by atoms with Gasteiger partial charge in [0.25, 0.3) is 0 Å². The summed E-state index contributed by atoms with van der Waals surface area (Å²) >= 11 is 0. The highest BCUT2D eigenvalue weighted by molar-refractivity contribution is 6.01. The maximum atomic E-state index is 5.61. The van der Waals surface area contributed by atoms with E-state index in [2.05, 4.69) is 255 Å². The molecule has 67 heavy (non-hydrogen) atoms. The summed E-state index contributed by atoms with van der Waals surface area (Å²) in [7, 11) is 0. The van der Waals surface area contributed by atoms with Crippen LogP contribution in [0.3, 0.4) is 0 Å². The highest BCUT2D eigenvalue weighted by atomic mass is 14.9. The van der Waals surface area contributed by atoms with Gasteiger partial charge in [0.2, 0.25) is 0 Å². The molecule has 13 rings (SSSR count). The monoisotopic (exact) mass is 850 g/mol. The average molecular weight is 851 g/mol. The van der Waals surface area contributed by atoms with Crippen molar-refractivity contribution in [1.29, 1.82) is 0 Å². The SMILES string of the molecule is c1ccc(-c2cc(-c3ccccc3)cc(-c3cc(-c4cccc5c4-c4ccccc4C54c5ccccc5-c5ccccc5-c5ccccc54)nc(-c4cccc(-c5ccccc5)c4)n3)c2)cc1. The molecule has 2 aliphatic carbocycles. The third kappa shape index (κ3) is 6.26. The Morgan fingerprint density at radius 3 is 1.18 bits per heavy atom. The Hall–Kier alpha value is -8.72. The summed E-state index contributed by atoms with van der Waals surface area (Å²) in [5.41, 5.74) is 23.5. The van der Waals surface area contributed by atoms with Gasteiger partial charge in [-0.05, 0) is 119 Å². The molecule has 10 aromatic carbocycles. The number of aromatic nitrogens is 2. The maximum absolute atomic E-state index is 5.61. The first kappa shape index (κ1) is 38.7. The van der Waals surface area contributed by atoms with Crippen molar-refractivity contribution in [3.63, 3.8) is 0 Å². The van der Waals surface area contributed by atoms with Gasteiger partial charge in [-0.25, -0.2) is 9.97 Å². The van der Waals surface area contributed by atoms with Crippen LogP contribution in [0, 0.1) is 0 Å². The zero-order valence-corrected chi connectivity index (χ0v) is 36.6. The van der Waals surface area contributed by atoms with E-state index in [-0.39, 0.29) is 0 Å². The molecule has 1 aromatic heterocycles. The number of nitrogens with zero attached hydrogens (tertiary/aromatic N) is 2. The predicted molar refractivity (Wildman–Crippen MR) is 276 cm³/mol. The van der Waals surface area contributed by atoms with Gasteiger partial charge in [0.1, 0.15) is 0 Å². The van der Waals surface area contributed by atoms with Crippen molar-refractivity contribution in [1.82, 2.24) is 9.97 Å². The summed E-state index contributed by atoms with van der Waals surface area (Å²) in [5.74, 6) is 0.677. The topological polar surface area (TPSA) is 25.8 Å². The fraction of sp³-hybridized carbons (Fsp3) is 0.0154. The van der Waals surface area contributed by atoms with Crippen LogP contribution in [0.5, 0.6) is 0 Å². The van der Waals surface area contributed by atoms with Crippen LogP contribution >= 0.6 is 0 Å². The largest absolute Gasteiger partial charge is 0.228 e. The Bertz CT molecular complexity index is 3560. The summed E-state index contributed by atoms with van der Waals surface area (Å²) in [6.45, 7) is 0. The Kier molecular flexibility index (Phi) is 9.11. The minimum absolute atomic E-state index is 0.606. The fourth-order valence-corrected chi connectivity index (χ4v) is 11.0. The molecule has 11 aromatic rings. The molecule has 0 aliphatic heterocycles. The maximum Gasteiger partial charge on any atom is 0.160 e. The third-order valence-corrected chi connectivity index (χ3v) is 13.9. The Morgan fingerprint density at radius 1 is 0.224 bits per heavy atom. The van der Waals surface area contributed by atoms with Gasteiger partial charge in [-0.3, -0.25) is 0 Å². The molecule has 0 amide bonds. The highest BCUT2D eigenvalue weighted by Crippen LogP contribution is 2.62. The van der Waals surface area contributed by atoms with E-state index in [0.717, 1.165) is 61.5 Å². The zero-order chi connectivity index (χ0) is 44.3. The van der Waals surface area contributed by atoms with Crippen LogP contribution in [0.25, 0.3) is 101 Å². The molecule has 0 radical (unpaired) electrons. The van der Waals surface area contributed by atoms with Gasteiger partial charge in [0, 0.05) is 16.7 Å². The van der Waals surface area contributed by atoms with Crippen LogP contribution < -0.4 is 0 Å². The van der Waals surface area contributed by atoms with Gasteiger partial charge in [-0.1, -0.05) is 224 Å². The van der Waals surface area contributed by atoms with Crippen molar-refractivity contribution >= 4 is 0 Å². The van der Waals surface area contributed by atoms with E-state index < -0.39 is 5.41 Å². The number of fused-ring (bicyclic) bond motifs is 12. The molecule has 0 unspecified atom stereocenters. The molecule has 2 heteroatoms. The van der Waals surface area contributed by atoms with Crippen molar-refractivity contribution in [2.75, 3.05) is 0 Å².